The topological polar surface area (TPSA) is 47.8 Å². The molecule has 3 aromatic heterocycles. The Morgan fingerprint density at radius 2 is 2.22 bits per heavy atom. The highest BCUT2D eigenvalue weighted by atomic mass is 32.1. The molecule has 18 heavy (non-hydrogen) atoms. The van der Waals surface area contributed by atoms with Crippen molar-refractivity contribution >= 4 is 31.6 Å². The Balaban J connectivity index is 2.39. The number of aryl methyl sites for hydroxylation is 2. The molecular formula is C13H13N3OS. The summed E-state index contributed by atoms with van der Waals surface area (Å²) in [6, 6.07) is 1.96. The van der Waals surface area contributed by atoms with Crippen LogP contribution in [0.25, 0.3) is 20.3 Å². The van der Waals surface area contributed by atoms with Crippen molar-refractivity contribution in [3.63, 3.8) is 0 Å². The lowest BCUT2D eigenvalue weighted by Crippen LogP contribution is -2.10. The van der Waals surface area contributed by atoms with Crippen LogP contribution in [0, 0.1) is 0 Å². The molecule has 0 bridgehead atoms. The lowest BCUT2D eigenvalue weighted by Gasteiger charge is -1.97. The molecule has 0 amide bonds. The second kappa shape index (κ2) is 4.17. The highest BCUT2D eigenvalue weighted by molar-refractivity contribution is 7.25. The summed E-state index contributed by atoms with van der Waals surface area (Å²) < 4.78 is 3.05. The Labute approximate surface area is 108 Å². The van der Waals surface area contributed by atoms with Gasteiger partial charge >= 0.3 is 0 Å². The van der Waals surface area contributed by atoms with E-state index in [9.17, 15) is 4.79 Å². The first-order chi connectivity index (χ1) is 8.69. The van der Waals surface area contributed by atoms with Crippen LogP contribution >= 0.6 is 11.3 Å². The van der Waals surface area contributed by atoms with Gasteiger partial charge in [-0.2, -0.15) is 4.98 Å². The Morgan fingerprint density at radius 1 is 1.39 bits per heavy atom. The van der Waals surface area contributed by atoms with Crippen LogP contribution in [0.4, 0.5) is 0 Å². The molecule has 5 heteroatoms. The Kier molecular flexibility index (Phi) is 2.63. The van der Waals surface area contributed by atoms with Crippen molar-refractivity contribution in [2.45, 2.75) is 19.8 Å². The molecule has 0 fully saturated rings. The van der Waals surface area contributed by atoms with Gasteiger partial charge in [-0.25, -0.2) is 4.98 Å². The van der Waals surface area contributed by atoms with Crippen LogP contribution in [-0.4, -0.2) is 14.5 Å². The first-order valence-corrected chi connectivity index (χ1v) is 6.76. The SMILES string of the molecule is CCCc1nc(=O)c2c(n1)sc1cn(C)ccc12. The van der Waals surface area contributed by atoms with E-state index in [1.165, 1.54) is 0 Å². The van der Waals surface area contributed by atoms with Gasteiger partial charge in [0.1, 0.15) is 10.7 Å². The van der Waals surface area contributed by atoms with Crippen LogP contribution in [0.1, 0.15) is 19.2 Å². The fourth-order valence-corrected chi connectivity index (χ4v) is 3.22. The maximum absolute atomic E-state index is 12.1. The van der Waals surface area contributed by atoms with Gasteiger partial charge in [0.15, 0.2) is 0 Å². The predicted molar refractivity (Wildman–Crippen MR) is 74.2 cm³/mol. The number of hydrogen-bond acceptors (Lipinski definition) is 4. The molecule has 4 nitrogen and oxygen atoms in total. The van der Waals surface area contributed by atoms with Crippen molar-refractivity contribution in [2.75, 3.05) is 0 Å². The third-order valence-corrected chi connectivity index (χ3v) is 3.94. The van der Waals surface area contributed by atoms with Crippen LogP contribution in [0.5, 0.6) is 0 Å². The number of thiophene rings is 1. The number of nitrogens with zero attached hydrogens (tertiary/aromatic N) is 3. The average molecular weight is 259 g/mol. The van der Waals surface area contributed by atoms with Crippen molar-refractivity contribution < 1.29 is 0 Å². The van der Waals surface area contributed by atoms with Gasteiger partial charge in [-0.1, -0.05) is 6.92 Å². The molecule has 0 aromatic carbocycles. The number of rotatable bonds is 2. The van der Waals surface area contributed by atoms with Gasteiger partial charge in [-0.3, -0.25) is 4.79 Å². The summed E-state index contributed by atoms with van der Waals surface area (Å²) in [6.07, 6.45) is 5.66. The van der Waals surface area contributed by atoms with Crippen molar-refractivity contribution in [1.29, 1.82) is 0 Å². The monoisotopic (exact) mass is 259 g/mol. The maximum atomic E-state index is 12.1. The Bertz CT molecular complexity index is 788. The number of fused-ring (bicyclic) bond motifs is 3. The molecule has 0 aliphatic carbocycles. The minimum absolute atomic E-state index is 0.149. The van der Waals surface area contributed by atoms with Gasteiger partial charge < -0.3 is 4.57 Å². The van der Waals surface area contributed by atoms with E-state index in [2.05, 4.69) is 16.9 Å². The highest BCUT2D eigenvalue weighted by Crippen LogP contribution is 2.29. The molecule has 0 aliphatic rings. The molecule has 0 saturated carbocycles. The lowest BCUT2D eigenvalue weighted by molar-refractivity contribution is 0.839. The Morgan fingerprint density at radius 3 is 3.00 bits per heavy atom. The molecule has 92 valence electrons. The molecule has 3 rings (SSSR count). The minimum Gasteiger partial charge on any atom is -0.356 e. The van der Waals surface area contributed by atoms with Crippen molar-refractivity contribution in [1.82, 2.24) is 14.5 Å². The first-order valence-electron chi connectivity index (χ1n) is 5.94. The van der Waals surface area contributed by atoms with Crippen LogP contribution in [0.15, 0.2) is 23.3 Å². The fourth-order valence-electron chi connectivity index (χ4n) is 2.07. The van der Waals surface area contributed by atoms with E-state index in [1.54, 1.807) is 11.3 Å². The second-order valence-electron chi connectivity index (χ2n) is 4.37. The summed E-state index contributed by atoms with van der Waals surface area (Å²) in [5.74, 6) is 0.658. The van der Waals surface area contributed by atoms with Crippen molar-refractivity contribution in [3.05, 3.63) is 34.6 Å². The van der Waals surface area contributed by atoms with Crippen LogP contribution in [-0.2, 0) is 13.5 Å². The second-order valence-corrected chi connectivity index (χ2v) is 5.40. The van der Waals surface area contributed by atoms with Crippen LogP contribution < -0.4 is 5.56 Å². The maximum Gasteiger partial charge on any atom is 0.282 e. The van der Waals surface area contributed by atoms with Gasteiger partial charge in [0.05, 0.1) is 10.1 Å². The largest absolute Gasteiger partial charge is 0.356 e. The highest BCUT2D eigenvalue weighted by Gasteiger charge is 2.12. The first kappa shape index (κ1) is 11.3. The van der Waals surface area contributed by atoms with Gasteiger partial charge in [0.25, 0.3) is 5.56 Å². The van der Waals surface area contributed by atoms with Gasteiger partial charge in [0.2, 0.25) is 0 Å². The molecule has 0 N–H and O–H groups in total. The summed E-state index contributed by atoms with van der Waals surface area (Å²) in [6.45, 7) is 2.06. The minimum atomic E-state index is -0.149. The lowest BCUT2D eigenvalue weighted by atomic mass is 10.2. The van der Waals surface area contributed by atoms with E-state index in [-0.39, 0.29) is 5.56 Å². The normalized spacial score (nSPS) is 11.4. The van der Waals surface area contributed by atoms with Gasteiger partial charge in [0, 0.05) is 31.2 Å². The summed E-state index contributed by atoms with van der Waals surface area (Å²) in [5, 5.41) is 1.62. The molecule has 0 unspecified atom stereocenters. The van der Waals surface area contributed by atoms with E-state index in [4.69, 9.17) is 0 Å². The zero-order valence-electron chi connectivity index (χ0n) is 10.3. The molecule has 0 saturated heterocycles. The Hall–Kier alpha value is -1.75. The summed E-state index contributed by atoms with van der Waals surface area (Å²) >= 11 is 1.56. The average Bonchev–Trinajstić information content (AvgIpc) is 2.66. The van der Waals surface area contributed by atoms with Crippen LogP contribution in [0.2, 0.25) is 0 Å². The standard InChI is InChI=1S/C13H13N3OS/c1-3-4-10-14-12(17)11-8-5-6-16(2)7-9(8)18-13(11)15-10/h5-7H,3-4H2,1-2H3. The summed E-state index contributed by atoms with van der Waals surface area (Å²) in [4.78, 5) is 21.4. The van der Waals surface area contributed by atoms with Crippen LogP contribution in [0.3, 0.4) is 0 Å². The predicted octanol–water partition coefficient (Wildman–Crippen LogP) is 2.50. The molecule has 3 heterocycles. The number of hydrogen-bond donors (Lipinski definition) is 0. The zero-order chi connectivity index (χ0) is 12.7. The quantitative estimate of drug-likeness (QED) is 0.710. The molecular weight excluding hydrogens is 246 g/mol. The number of pyridine rings is 1. The summed E-state index contributed by atoms with van der Waals surface area (Å²) in [5.41, 5.74) is -0.149. The molecule has 0 radical (unpaired) electrons. The van der Waals surface area contributed by atoms with Crippen molar-refractivity contribution in [3.8, 4) is 0 Å². The van der Waals surface area contributed by atoms with E-state index in [0.29, 0.717) is 11.2 Å². The molecule has 3 aromatic rings. The smallest absolute Gasteiger partial charge is 0.282 e. The molecule has 0 atom stereocenters. The van der Waals surface area contributed by atoms with Gasteiger partial charge in [-0.15, -0.1) is 11.3 Å². The molecule has 0 spiro atoms. The van der Waals surface area contributed by atoms with E-state index >= 15 is 0 Å². The van der Waals surface area contributed by atoms with Crippen molar-refractivity contribution in [2.24, 2.45) is 7.05 Å². The zero-order valence-corrected chi connectivity index (χ0v) is 11.1. The fraction of sp³-hybridized carbons (Fsp3) is 0.308. The molecule has 0 aliphatic heterocycles. The van der Waals surface area contributed by atoms with E-state index in [1.807, 2.05) is 30.1 Å². The number of aromatic nitrogens is 3. The van der Waals surface area contributed by atoms with E-state index in [0.717, 1.165) is 27.8 Å². The third-order valence-electron chi connectivity index (χ3n) is 2.90. The van der Waals surface area contributed by atoms with Gasteiger partial charge in [-0.05, 0) is 12.5 Å². The third kappa shape index (κ3) is 1.71. The summed E-state index contributed by atoms with van der Waals surface area (Å²) in [7, 11) is 1.97. The van der Waals surface area contributed by atoms with E-state index < -0.39 is 0 Å².